The highest BCUT2D eigenvalue weighted by Gasteiger charge is 2.49. The minimum absolute atomic E-state index is 0.0338. The first-order chi connectivity index (χ1) is 12.4. The SMILES string of the molecule is COC1CC(Nc2cc(Cl)ncc2C(=O)NC[C@@H](F)C(C)(C)O)CC1(F)F. The lowest BCUT2D eigenvalue weighted by molar-refractivity contribution is -0.102. The number of aliphatic hydroxyl groups is 1. The van der Waals surface area contributed by atoms with Crippen molar-refractivity contribution in [3.8, 4) is 0 Å². The quantitative estimate of drug-likeness (QED) is 0.603. The molecule has 152 valence electrons. The number of amides is 1. The van der Waals surface area contributed by atoms with Gasteiger partial charge in [-0.3, -0.25) is 4.79 Å². The van der Waals surface area contributed by atoms with Crippen LogP contribution in [0.25, 0.3) is 0 Å². The van der Waals surface area contributed by atoms with Crippen LogP contribution in [0.3, 0.4) is 0 Å². The predicted octanol–water partition coefficient (Wildman–Crippen LogP) is 2.80. The summed E-state index contributed by atoms with van der Waals surface area (Å²) in [6.07, 6.45) is -2.14. The maximum atomic E-state index is 13.9. The minimum atomic E-state index is -2.99. The van der Waals surface area contributed by atoms with Gasteiger partial charge in [-0.05, 0) is 26.3 Å². The average molecular weight is 410 g/mol. The number of pyridine rings is 1. The molecular formula is C17H23ClF3N3O3. The number of ether oxygens (including phenoxy) is 1. The third-order valence-corrected chi connectivity index (χ3v) is 4.66. The van der Waals surface area contributed by atoms with Crippen molar-refractivity contribution >= 4 is 23.2 Å². The van der Waals surface area contributed by atoms with Crippen LogP contribution in [-0.4, -0.2) is 59.5 Å². The Kier molecular flexibility index (Phi) is 6.59. The highest BCUT2D eigenvalue weighted by molar-refractivity contribution is 6.29. The smallest absolute Gasteiger partial charge is 0.275 e. The molecule has 0 radical (unpaired) electrons. The summed E-state index contributed by atoms with van der Waals surface area (Å²) in [5, 5.41) is 14.9. The van der Waals surface area contributed by atoms with E-state index < -0.39 is 48.7 Å². The Hall–Kier alpha value is -1.58. The fourth-order valence-corrected chi connectivity index (χ4v) is 2.99. The van der Waals surface area contributed by atoms with Crippen LogP contribution >= 0.6 is 11.6 Å². The summed E-state index contributed by atoms with van der Waals surface area (Å²) in [6.45, 7) is 2.15. The molecule has 6 nitrogen and oxygen atoms in total. The zero-order chi connectivity index (χ0) is 20.4. The Morgan fingerprint density at radius 1 is 1.56 bits per heavy atom. The molecule has 1 aromatic heterocycles. The summed E-state index contributed by atoms with van der Waals surface area (Å²) < 4.78 is 46.4. The largest absolute Gasteiger partial charge is 0.387 e. The number of rotatable bonds is 7. The molecule has 0 bridgehead atoms. The zero-order valence-corrected chi connectivity index (χ0v) is 16.0. The topological polar surface area (TPSA) is 83.5 Å². The lowest BCUT2D eigenvalue weighted by atomic mass is 10.0. The lowest BCUT2D eigenvalue weighted by Crippen LogP contribution is -2.42. The van der Waals surface area contributed by atoms with Crippen LogP contribution in [-0.2, 0) is 4.74 Å². The number of hydrogen-bond donors (Lipinski definition) is 3. The molecule has 10 heteroatoms. The third kappa shape index (κ3) is 5.46. The Labute approximate surface area is 160 Å². The van der Waals surface area contributed by atoms with E-state index in [0.717, 1.165) is 0 Å². The number of hydrogen-bond acceptors (Lipinski definition) is 5. The normalized spacial score (nSPS) is 23.1. The molecule has 3 N–H and O–H groups in total. The summed E-state index contributed by atoms with van der Waals surface area (Å²) >= 11 is 5.86. The molecule has 3 atom stereocenters. The molecule has 0 saturated heterocycles. The maximum Gasteiger partial charge on any atom is 0.275 e. The van der Waals surface area contributed by atoms with Gasteiger partial charge in [0.05, 0.1) is 23.4 Å². The molecule has 1 amide bonds. The van der Waals surface area contributed by atoms with Gasteiger partial charge in [0, 0.05) is 25.8 Å². The summed E-state index contributed by atoms with van der Waals surface area (Å²) in [6, 6.07) is 0.706. The van der Waals surface area contributed by atoms with Gasteiger partial charge in [0.15, 0.2) is 0 Å². The molecule has 0 spiro atoms. The van der Waals surface area contributed by atoms with Crippen LogP contribution < -0.4 is 10.6 Å². The second-order valence-corrected chi connectivity index (χ2v) is 7.54. The van der Waals surface area contributed by atoms with E-state index in [2.05, 4.69) is 15.6 Å². The van der Waals surface area contributed by atoms with E-state index in [1.807, 2.05) is 0 Å². The fraction of sp³-hybridized carbons (Fsp3) is 0.647. The summed E-state index contributed by atoms with van der Waals surface area (Å²) in [4.78, 5) is 16.2. The van der Waals surface area contributed by atoms with Crippen LogP contribution in [0, 0.1) is 0 Å². The monoisotopic (exact) mass is 409 g/mol. The van der Waals surface area contributed by atoms with Gasteiger partial charge in [-0.15, -0.1) is 0 Å². The number of nitrogens with one attached hydrogen (secondary N) is 2. The minimum Gasteiger partial charge on any atom is -0.387 e. The van der Waals surface area contributed by atoms with Gasteiger partial charge >= 0.3 is 0 Å². The number of anilines is 1. The second-order valence-electron chi connectivity index (χ2n) is 7.15. The van der Waals surface area contributed by atoms with Gasteiger partial charge < -0.3 is 20.5 Å². The second kappa shape index (κ2) is 8.20. The van der Waals surface area contributed by atoms with Crippen molar-refractivity contribution in [2.45, 2.75) is 56.5 Å². The molecule has 1 heterocycles. The van der Waals surface area contributed by atoms with E-state index in [0.29, 0.717) is 0 Å². The van der Waals surface area contributed by atoms with Crippen molar-refractivity contribution in [1.29, 1.82) is 0 Å². The van der Waals surface area contributed by atoms with Crippen molar-refractivity contribution in [2.24, 2.45) is 0 Å². The molecule has 2 unspecified atom stereocenters. The van der Waals surface area contributed by atoms with Gasteiger partial charge in [-0.2, -0.15) is 0 Å². The Morgan fingerprint density at radius 2 is 2.22 bits per heavy atom. The fourth-order valence-electron chi connectivity index (χ4n) is 2.83. The van der Waals surface area contributed by atoms with Crippen LogP contribution in [0.15, 0.2) is 12.3 Å². The van der Waals surface area contributed by atoms with Gasteiger partial charge in [0.25, 0.3) is 11.8 Å². The number of carbonyl (C=O) groups excluding carboxylic acids is 1. The van der Waals surface area contributed by atoms with Crippen molar-refractivity contribution < 1.29 is 27.8 Å². The molecule has 0 aliphatic heterocycles. The first-order valence-corrected chi connectivity index (χ1v) is 8.79. The van der Waals surface area contributed by atoms with E-state index in [4.69, 9.17) is 16.3 Å². The maximum absolute atomic E-state index is 13.9. The standard InChI is InChI=1S/C17H23ClF3N3O3/c1-16(2,26)12(19)8-23-15(25)10-7-22-14(18)5-11(10)24-9-4-13(27-3)17(20,21)6-9/h5,7,9,12-13,26H,4,6,8H2,1-3H3,(H,22,24)(H,23,25)/t9?,12-,13?/m1/s1. The Balaban J connectivity index is 2.12. The van der Waals surface area contributed by atoms with Crippen molar-refractivity contribution in [2.75, 3.05) is 19.0 Å². The van der Waals surface area contributed by atoms with E-state index >= 15 is 0 Å². The molecule has 1 saturated carbocycles. The summed E-state index contributed by atoms with van der Waals surface area (Å²) in [5.41, 5.74) is -1.37. The van der Waals surface area contributed by atoms with Gasteiger partial charge in [-0.25, -0.2) is 18.2 Å². The molecule has 1 aliphatic rings. The number of methoxy groups -OCH3 is 1. The highest BCUT2D eigenvalue weighted by Crippen LogP contribution is 2.38. The first kappa shape index (κ1) is 21.7. The van der Waals surface area contributed by atoms with E-state index in [9.17, 15) is 23.1 Å². The average Bonchev–Trinajstić information content (AvgIpc) is 2.84. The Bertz CT molecular complexity index is 685. The van der Waals surface area contributed by atoms with E-state index in [1.54, 1.807) is 0 Å². The first-order valence-electron chi connectivity index (χ1n) is 8.41. The lowest BCUT2D eigenvalue weighted by Gasteiger charge is -2.23. The molecule has 0 aromatic carbocycles. The zero-order valence-electron chi connectivity index (χ0n) is 15.2. The number of aromatic nitrogens is 1. The van der Waals surface area contributed by atoms with E-state index in [1.165, 1.54) is 33.2 Å². The van der Waals surface area contributed by atoms with E-state index in [-0.39, 0.29) is 22.8 Å². The van der Waals surface area contributed by atoms with Crippen molar-refractivity contribution in [3.05, 3.63) is 23.0 Å². The van der Waals surface area contributed by atoms with Crippen LogP contribution in [0.4, 0.5) is 18.9 Å². The van der Waals surface area contributed by atoms with Crippen LogP contribution in [0.5, 0.6) is 0 Å². The number of alkyl halides is 3. The molecular weight excluding hydrogens is 387 g/mol. The summed E-state index contributed by atoms with van der Waals surface area (Å²) in [5.74, 6) is -3.65. The van der Waals surface area contributed by atoms with Gasteiger partial charge in [0.2, 0.25) is 0 Å². The van der Waals surface area contributed by atoms with Crippen molar-refractivity contribution in [1.82, 2.24) is 10.3 Å². The molecule has 2 rings (SSSR count). The predicted molar refractivity (Wildman–Crippen MR) is 95.2 cm³/mol. The molecule has 1 aliphatic carbocycles. The Morgan fingerprint density at radius 3 is 2.78 bits per heavy atom. The third-order valence-electron chi connectivity index (χ3n) is 4.46. The van der Waals surface area contributed by atoms with Gasteiger partial charge in [-0.1, -0.05) is 11.6 Å². The molecule has 1 aromatic rings. The number of halogens is 4. The van der Waals surface area contributed by atoms with Crippen LogP contribution in [0.1, 0.15) is 37.0 Å². The molecule has 1 fully saturated rings. The summed E-state index contributed by atoms with van der Waals surface area (Å²) in [7, 11) is 1.22. The number of carbonyl (C=O) groups is 1. The molecule has 27 heavy (non-hydrogen) atoms. The highest BCUT2D eigenvalue weighted by atomic mass is 35.5. The van der Waals surface area contributed by atoms with Crippen molar-refractivity contribution in [3.63, 3.8) is 0 Å². The van der Waals surface area contributed by atoms with Crippen LogP contribution in [0.2, 0.25) is 5.15 Å². The number of nitrogens with zero attached hydrogens (tertiary/aromatic N) is 1. The van der Waals surface area contributed by atoms with Gasteiger partial charge in [0.1, 0.15) is 17.4 Å².